The second-order valence-corrected chi connectivity index (χ2v) is 3.31. The van der Waals surface area contributed by atoms with Crippen LogP contribution in [0, 0.1) is 0 Å². The number of hydrogen-bond acceptors (Lipinski definition) is 4. The molecule has 1 fully saturated rings. The van der Waals surface area contributed by atoms with Crippen molar-refractivity contribution < 1.29 is 9.59 Å². The Labute approximate surface area is 83.8 Å². The molecular formula is C9H16N3O2. The van der Waals surface area contributed by atoms with E-state index in [1.165, 1.54) is 11.4 Å². The summed E-state index contributed by atoms with van der Waals surface area (Å²) in [6.45, 7) is 1.59. The third-order valence-corrected chi connectivity index (χ3v) is 2.35. The Morgan fingerprint density at radius 3 is 2.50 bits per heavy atom. The lowest BCUT2D eigenvalue weighted by molar-refractivity contribution is -0.147. The van der Waals surface area contributed by atoms with Crippen LogP contribution < -0.4 is 5.73 Å². The number of nitrogens with zero attached hydrogens (tertiary/aromatic N) is 2. The zero-order valence-electron chi connectivity index (χ0n) is 8.24. The minimum absolute atomic E-state index is 0.00394. The lowest BCUT2D eigenvalue weighted by atomic mass is 10.2. The molecule has 1 amide bonds. The zero-order valence-corrected chi connectivity index (χ0v) is 8.24. The topological polar surface area (TPSA) is 66.6 Å². The Morgan fingerprint density at radius 1 is 1.36 bits per heavy atom. The second kappa shape index (κ2) is 5.72. The lowest BCUT2D eigenvalue weighted by Crippen LogP contribution is -2.51. The maximum Gasteiger partial charge on any atom is 0.251 e. The lowest BCUT2D eigenvalue weighted by Gasteiger charge is -2.35. The van der Waals surface area contributed by atoms with E-state index in [0.29, 0.717) is 0 Å². The monoisotopic (exact) mass is 198 g/mol. The van der Waals surface area contributed by atoms with Crippen molar-refractivity contribution in [3.8, 4) is 0 Å². The number of rotatable bonds is 4. The fraction of sp³-hybridized carbons (Fsp3) is 0.778. The van der Waals surface area contributed by atoms with E-state index in [9.17, 15) is 9.59 Å². The van der Waals surface area contributed by atoms with Crippen molar-refractivity contribution in [1.29, 1.82) is 0 Å². The van der Waals surface area contributed by atoms with E-state index in [0.717, 1.165) is 25.9 Å². The number of amides is 1. The summed E-state index contributed by atoms with van der Waals surface area (Å²) in [6, 6.07) is 0. The standard InChI is InChI=1S/C9H16N3O2/c10-8-9(14)12(6-7-13)11-4-2-1-3-5-11/h1-6,8,10H2. The largest absolute Gasteiger partial charge is 0.322 e. The van der Waals surface area contributed by atoms with Gasteiger partial charge in [0.1, 0.15) is 6.54 Å². The van der Waals surface area contributed by atoms with Gasteiger partial charge in [0.05, 0.1) is 6.54 Å². The van der Waals surface area contributed by atoms with Gasteiger partial charge in [-0.1, -0.05) is 6.42 Å². The van der Waals surface area contributed by atoms with E-state index >= 15 is 0 Å². The highest BCUT2D eigenvalue weighted by Crippen LogP contribution is 2.11. The Bertz CT molecular complexity index is 202. The van der Waals surface area contributed by atoms with Crippen LogP contribution in [0.15, 0.2) is 0 Å². The molecule has 0 spiro atoms. The van der Waals surface area contributed by atoms with Crippen LogP contribution in [-0.4, -0.2) is 48.4 Å². The molecule has 79 valence electrons. The first kappa shape index (κ1) is 11.1. The van der Waals surface area contributed by atoms with Crippen molar-refractivity contribution in [2.45, 2.75) is 19.3 Å². The Balaban J connectivity index is 2.55. The van der Waals surface area contributed by atoms with Crippen LogP contribution in [0.2, 0.25) is 0 Å². The summed E-state index contributed by atoms with van der Waals surface area (Å²) in [5, 5.41) is 3.30. The van der Waals surface area contributed by atoms with Crippen molar-refractivity contribution in [2.75, 3.05) is 26.2 Å². The molecule has 0 aliphatic carbocycles. The first-order valence-electron chi connectivity index (χ1n) is 4.90. The van der Waals surface area contributed by atoms with E-state index in [1.807, 2.05) is 5.01 Å². The predicted octanol–water partition coefficient (Wildman–Crippen LogP) is -0.716. The van der Waals surface area contributed by atoms with Gasteiger partial charge in [-0.3, -0.25) is 14.6 Å². The molecule has 1 saturated heterocycles. The summed E-state index contributed by atoms with van der Waals surface area (Å²) in [5.74, 6) is -0.213. The molecule has 0 unspecified atom stereocenters. The van der Waals surface area contributed by atoms with Gasteiger partial charge < -0.3 is 5.73 Å². The van der Waals surface area contributed by atoms with E-state index in [1.54, 1.807) is 6.29 Å². The Hall–Kier alpha value is -0.940. The van der Waals surface area contributed by atoms with Gasteiger partial charge in [-0.05, 0) is 12.8 Å². The average Bonchev–Trinajstić information content (AvgIpc) is 2.26. The quantitative estimate of drug-likeness (QED) is 0.647. The first-order valence-corrected chi connectivity index (χ1v) is 4.90. The maximum absolute atomic E-state index is 11.4. The molecule has 1 rings (SSSR count). The Kier molecular flexibility index (Phi) is 4.55. The highest BCUT2D eigenvalue weighted by molar-refractivity contribution is 5.79. The van der Waals surface area contributed by atoms with Gasteiger partial charge in [-0.15, -0.1) is 0 Å². The summed E-state index contributed by atoms with van der Waals surface area (Å²) in [7, 11) is 0. The van der Waals surface area contributed by atoms with Crippen LogP contribution in [-0.2, 0) is 9.59 Å². The molecule has 1 aliphatic rings. The molecule has 2 N–H and O–H groups in total. The predicted molar refractivity (Wildman–Crippen MR) is 51.9 cm³/mol. The van der Waals surface area contributed by atoms with Crippen molar-refractivity contribution in [3.05, 3.63) is 0 Å². The summed E-state index contributed by atoms with van der Waals surface area (Å²) in [4.78, 5) is 21.7. The van der Waals surface area contributed by atoms with Crippen molar-refractivity contribution in [3.63, 3.8) is 0 Å². The van der Waals surface area contributed by atoms with Crippen molar-refractivity contribution >= 4 is 12.2 Å². The van der Waals surface area contributed by atoms with Gasteiger partial charge in [0.25, 0.3) is 5.91 Å². The van der Waals surface area contributed by atoms with E-state index in [-0.39, 0.29) is 19.0 Å². The molecule has 1 radical (unpaired) electrons. The highest BCUT2D eigenvalue weighted by Gasteiger charge is 2.21. The summed E-state index contributed by atoms with van der Waals surface area (Å²) in [6.07, 6.45) is 5.05. The molecule has 0 atom stereocenters. The van der Waals surface area contributed by atoms with Crippen LogP contribution in [0.5, 0.6) is 0 Å². The molecule has 1 aliphatic heterocycles. The first-order chi connectivity index (χ1) is 6.79. The highest BCUT2D eigenvalue weighted by atomic mass is 16.2. The van der Waals surface area contributed by atoms with Crippen LogP contribution >= 0.6 is 0 Å². The third kappa shape index (κ3) is 2.78. The molecule has 5 heteroatoms. The molecular weight excluding hydrogens is 182 g/mol. The third-order valence-electron chi connectivity index (χ3n) is 2.35. The maximum atomic E-state index is 11.4. The molecule has 0 aromatic rings. The molecule has 0 saturated carbocycles. The van der Waals surface area contributed by atoms with Gasteiger partial charge >= 0.3 is 0 Å². The molecule has 1 heterocycles. The molecule has 0 aromatic heterocycles. The van der Waals surface area contributed by atoms with E-state index < -0.39 is 0 Å². The van der Waals surface area contributed by atoms with Crippen LogP contribution in [0.25, 0.3) is 0 Å². The van der Waals surface area contributed by atoms with Gasteiger partial charge in [0, 0.05) is 13.1 Å². The van der Waals surface area contributed by atoms with Gasteiger partial charge in [-0.2, -0.15) is 0 Å². The second-order valence-electron chi connectivity index (χ2n) is 3.31. The minimum Gasteiger partial charge on any atom is -0.322 e. The molecule has 5 nitrogen and oxygen atoms in total. The normalized spacial score (nSPS) is 17.8. The van der Waals surface area contributed by atoms with Gasteiger partial charge in [-0.25, -0.2) is 5.01 Å². The fourth-order valence-corrected chi connectivity index (χ4v) is 1.63. The number of nitrogens with two attached hydrogens (primary N) is 1. The number of hydrogen-bond donors (Lipinski definition) is 1. The number of piperidine rings is 1. The Morgan fingerprint density at radius 2 is 2.00 bits per heavy atom. The van der Waals surface area contributed by atoms with Gasteiger partial charge in [0.15, 0.2) is 0 Å². The summed E-state index contributed by atoms with van der Waals surface area (Å²) in [5.41, 5.74) is 5.26. The SMILES string of the molecule is NCC(=O)N(C[C]=O)N1CCCCC1. The number of hydrazine groups is 1. The summed E-state index contributed by atoms with van der Waals surface area (Å²) < 4.78 is 0. The minimum atomic E-state index is -0.213. The fourth-order valence-electron chi connectivity index (χ4n) is 1.63. The van der Waals surface area contributed by atoms with Crippen LogP contribution in [0.1, 0.15) is 19.3 Å². The number of carbonyl (C=O) groups excluding carboxylic acids is 2. The van der Waals surface area contributed by atoms with E-state index in [2.05, 4.69) is 0 Å². The smallest absolute Gasteiger partial charge is 0.251 e. The van der Waals surface area contributed by atoms with Crippen molar-refractivity contribution in [1.82, 2.24) is 10.0 Å². The van der Waals surface area contributed by atoms with Crippen LogP contribution in [0.4, 0.5) is 0 Å². The van der Waals surface area contributed by atoms with Crippen molar-refractivity contribution in [2.24, 2.45) is 5.73 Å². The number of carbonyl (C=O) groups is 1. The van der Waals surface area contributed by atoms with Crippen LogP contribution in [0.3, 0.4) is 0 Å². The molecule has 0 bridgehead atoms. The average molecular weight is 198 g/mol. The van der Waals surface area contributed by atoms with Gasteiger partial charge in [0.2, 0.25) is 6.29 Å². The molecule has 0 aromatic carbocycles. The van der Waals surface area contributed by atoms with E-state index in [4.69, 9.17) is 5.73 Å². The zero-order chi connectivity index (χ0) is 10.4. The summed E-state index contributed by atoms with van der Waals surface area (Å²) >= 11 is 0. The molecule has 14 heavy (non-hydrogen) atoms.